The van der Waals surface area contributed by atoms with Gasteiger partial charge >= 0.3 is 0 Å². The molecule has 0 aromatic carbocycles. The van der Waals surface area contributed by atoms with Gasteiger partial charge in [-0.25, -0.2) is 0 Å². The van der Waals surface area contributed by atoms with Gasteiger partial charge in [0.2, 0.25) is 0 Å². The average molecular weight is 141 g/mol. The molecule has 0 aliphatic rings. The van der Waals surface area contributed by atoms with Crippen molar-refractivity contribution in [3.63, 3.8) is 0 Å². The van der Waals surface area contributed by atoms with Gasteiger partial charge in [0.15, 0.2) is 0 Å². The number of hydrogen-bond acceptors (Lipinski definition) is 2. The lowest BCUT2D eigenvalue weighted by molar-refractivity contribution is -0.116. The summed E-state index contributed by atoms with van der Waals surface area (Å²) in [7, 11) is 0. The van der Waals surface area contributed by atoms with Gasteiger partial charge in [-0.2, -0.15) is 0 Å². The molecule has 3 nitrogen and oxygen atoms in total. The van der Waals surface area contributed by atoms with Crippen molar-refractivity contribution >= 4 is 5.91 Å². The normalized spacial score (nSPS) is 11.1. The van der Waals surface area contributed by atoms with E-state index in [2.05, 4.69) is 17.2 Å². The Balaban J connectivity index is 3.64. The highest BCUT2D eigenvalue weighted by molar-refractivity contribution is 5.93. The second-order valence-corrected chi connectivity index (χ2v) is 1.93. The van der Waals surface area contributed by atoms with Gasteiger partial charge in [-0.1, -0.05) is 5.92 Å². The average Bonchev–Trinajstić information content (AvgIpc) is 1.88. The molecule has 0 saturated carbocycles. The number of hydrogen-bond donors (Lipinski definition) is 2. The van der Waals surface area contributed by atoms with E-state index in [1.807, 2.05) is 0 Å². The van der Waals surface area contributed by atoms with Crippen LogP contribution in [0, 0.1) is 11.8 Å². The minimum atomic E-state index is -0.343. The lowest BCUT2D eigenvalue weighted by Gasteiger charge is -2.05. The number of carbonyl (C=O) groups excluding carboxylic acids is 1. The van der Waals surface area contributed by atoms with Gasteiger partial charge in [0, 0.05) is 0 Å². The number of aliphatic hydroxyl groups is 1. The monoisotopic (exact) mass is 141 g/mol. The summed E-state index contributed by atoms with van der Waals surface area (Å²) in [5.41, 5.74) is 0. The van der Waals surface area contributed by atoms with E-state index in [1.54, 1.807) is 13.8 Å². The summed E-state index contributed by atoms with van der Waals surface area (Å²) in [6.45, 7) is 3.23. The molecular formula is C7H11NO2. The fourth-order valence-corrected chi connectivity index (χ4v) is 0.419. The van der Waals surface area contributed by atoms with E-state index in [0.29, 0.717) is 0 Å². The minimum Gasteiger partial charge on any atom is -0.394 e. The molecule has 0 spiro atoms. The van der Waals surface area contributed by atoms with Gasteiger partial charge in [-0.15, -0.1) is 0 Å². The van der Waals surface area contributed by atoms with Crippen LogP contribution < -0.4 is 5.32 Å². The number of amides is 1. The zero-order valence-electron chi connectivity index (χ0n) is 6.14. The van der Waals surface area contributed by atoms with Crippen LogP contribution in [0.4, 0.5) is 0 Å². The number of carbonyl (C=O) groups is 1. The van der Waals surface area contributed by atoms with Gasteiger partial charge in [-0.05, 0) is 19.8 Å². The van der Waals surface area contributed by atoms with Crippen LogP contribution >= 0.6 is 0 Å². The standard InChI is InChI=1S/C7H11NO2/c1-3-4-7(10)8-6(2)5-9/h6,9H,5H2,1-2H3,(H,8,10)/t6-/m0/s1. The van der Waals surface area contributed by atoms with Crippen molar-refractivity contribution in [2.45, 2.75) is 19.9 Å². The topological polar surface area (TPSA) is 49.3 Å². The highest BCUT2D eigenvalue weighted by Crippen LogP contribution is 1.76. The molecule has 10 heavy (non-hydrogen) atoms. The molecule has 56 valence electrons. The van der Waals surface area contributed by atoms with Crippen molar-refractivity contribution in [2.24, 2.45) is 0 Å². The van der Waals surface area contributed by atoms with Gasteiger partial charge in [0.25, 0.3) is 5.91 Å². The van der Waals surface area contributed by atoms with Crippen LogP contribution in [0.15, 0.2) is 0 Å². The van der Waals surface area contributed by atoms with E-state index in [0.717, 1.165) is 0 Å². The van der Waals surface area contributed by atoms with Crippen LogP contribution in [0.3, 0.4) is 0 Å². The highest BCUT2D eigenvalue weighted by atomic mass is 16.3. The van der Waals surface area contributed by atoms with Crippen LogP contribution in [-0.2, 0) is 4.79 Å². The number of rotatable bonds is 2. The van der Waals surface area contributed by atoms with E-state index in [9.17, 15) is 4.79 Å². The fourth-order valence-electron chi connectivity index (χ4n) is 0.419. The van der Waals surface area contributed by atoms with Crippen LogP contribution in [0.25, 0.3) is 0 Å². The molecule has 2 N–H and O–H groups in total. The third kappa shape index (κ3) is 3.93. The predicted octanol–water partition coefficient (Wildman–Crippen LogP) is -0.493. The van der Waals surface area contributed by atoms with E-state index >= 15 is 0 Å². The SMILES string of the molecule is CC#CC(=O)N[C@@H](C)CO. The van der Waals surface area contributed by atoms with Gasteiger partial charge in [-0.3, -0.25) is 4.79 Å². The fraction of sp³-hybridized carbons (Fsp3) is 0.571. The second-order valence-electron chi connectivity index (χ2n) is 1.93. The third-order valence-electron chi connectivity index (χ3n) is 0.890. The molecular weight excluding hydrogens is 130 g/mol. The van der Waals surface area contributed by atoms with Crippen molar-refractivity contribution in [3.05, 3.63) is 0 Å². The Bertz CT molecular complexity index is 166. The maximum atomic E-state index is 10.6. The summed E-state index contributed by atoms with van der Waals surface area (Å²) < 4.78 is 0. The molecule has 0 aromatic heterocycles. The second kappa shape index (κ2) is 4.83. The van der Waals surface area contributed by atoms with Crippen LogP contribution in [0.5, 0.6) is 0 Å². The molecule has 0 bridgehead atoms. The molecule has 0 aromatic rings. The maximum absolute atomic E-state index is 10.6. The van der Waals surface area contributed by atoms with Crippen molar-refractivity contribution in [2.75, 3.05) is 6.61 Å². The van der Waals surface area contributed by atoms with Crippen molar-refractivity contribution in [3.8, 4) is 11.8 Å². The third-order valence-corrected chi connectivity index (χ3v) is 0.890. The van der Waals surface area contributed by atoms with Gasteiger partial charge in [0.05, 0.1) is 12.6 Å². The summed E-state index contributed by atoms with van der Waals surface area (Å²) in [5, 5.41) is 11.0. The Morgan fingerprint density at radius 1 is 1.80 bits per heavy atom. The molecule has 1 atom stereocenters. The molecule has 0 unspecified atom stereocenters. The summed E-state index contributed by atoms with van der Waals surface area (Å²) in [6.07, 6.45) is 0. The van der Waals surface area contributed by atoms with Crippen molar-refractivity contribution in [1.82, 2.24) is 5.32 Å². The molecule has 0 aliphatic heterocycles. The summed E-state index contributed by atoms with van der Waals surface area (Å²) in [5.74, 6) is 4.41. The highest BCUT2D eigenvalue weighted by Gasteiger charge is 2.00. The Kier molecular flexibility index (Phi) is 4.34. The van der Waals surface area contributed by atoms with E-state index in [1.165, 1.54) is 0 Å². The van der Waals surface area contributed by atoms with Crippen LogP contribution in [0.1, 0.15) is 13.8 Å². The molecule has 3 heteroatoms. The summed E-state index contributed by atoms with van der Waals surface area (Å²) >= 11 is 0. The van der Waals surface area contributed by atoms with Crippen molar-refractivity contribution < 1.29 is 9.90 Å². The predicted molar refractivity (Wildman–Crippen MR) is 38.1 cm³/mol. The van der Waals surface area contributed by atoms with Gasteiger partial charge < -0.3 is 10.4 Å². The van der Waals surface area contributed by atoms with Crippen LogP contribution in [0.2, 0.25) is 0 Å². The quantitative estimate of drug-likeness (QED) is 0.510. The molecule has 0 aliphatic carbocycles. The molecule has 0 saturated heterocycles. The van der Waals surface area contributed by atoms with Crippen molar-refractivity contribution in [1.29, 1.82) is 0 Å². The first kappa shape index (κ1) is 8.99. The zero-order valence-corrected chi connectivity index (χ0v) is 6.14. The Morgan fingerprint density at radius 3 is 2.80 bits per heavy atom. The molecule has 0 heterocycles. The summed E-state index contributed by atoms with van der Waals surface area (Å²) in [4.78, 5) is 10.6. The molecule has 0 rings (SSSR count). The lowest BCUT2D eigenvalue weighted by atomic mass is 10.3. The molecule has 1 amide bonds. The zero-order chi connectivity index (χ0) is 7.98. The Labute approximate surface area is 60.4 Å². The van der Waals surface area contributed by atoms with E-state index in [-0.39, 0.29) is 18.6 Å². The van der Waals surface area contributed by atoms with E-state index < -0.39 is 0 Å². The lowest BCUT2D eigenvalue weighted by Crippen LogP contribution is -2.33. The van der Waals surface area contributed by atoms with Gasteiger partial charge in [0.1, 0.15) is 0 Å². The number of aliphatic hydroxyl groups excluding tert-OH is 1. The molecule has 0 fully saturated rings. The first-order chi connectivity index (χ1) is 4.70. The smallest absolute Gasteiger partial charge is 0.296 e. The first-order valence-electron chi connectivity index (χ1n) is 3.04. The summed E-state index contributed by atoms with van der Waals surface area (Å²) in [6, 6.07) is -0.214. The minimum absolute atomic E-state index is 0.0584. The first-order valence-corrected chi connectivity index (χ1v) is 3.04. The Hall–Kier alpha value is -1.01. The largest absolute Gasteiger partial charge is 0.394 e. The Morgan fingerprint density at radius 2 is 2.40 bits per heavy atom. The molecule has 0 radical (unpaired) electrons. The number of nitrogens with one attached hydrogen (secondary N) is 1. The van der Waals surface area contributed by atoms with Crippen LogP contribution in [-0.4, -0.2) is 23.7 Å². The maximum Gasteiger partial charge on any atom is 0.296 e. The van der Waals surface area contributed by atoms with E-state index in [4.69, 9.17) is 5.11 Å².